The molecule has 0 atom stereocenters. The summed E-state index contributed by atoms with van der Waals surface area (Å²) < 4.78 is 13.1. The zero-order valence-corrected chi connectivity index (χ0v) is 36.2. The molecule has 1 aliphatic heterocycles. The molecule has 0 amide bonds. The van der Waals surface area contributed by atoms with Gasteiger partial charge in [0.05, 0.1) is 5.41 Å². The summed E-state index contributed by atoms with van der Waals surface area (Å²) in [5.41, 5.74) is 18.0. The second kappa shape index (κ2) is 13.6. The maximum absolute atomic E-state index is 6.73. The van der Waals surface area contributed by atoms with Crippen LogP contribution in [0.3, 0.4) is 0 Å². The molecule has 14 rings (SSSR count). The van der Waals surface area contributed by atoms with Crippen LogP contribution < -0.4 is 4.74 Å². The molecule has 11 aromatic rings. The standard InChI is InChI=1S/C61H39N3O2/c1-60(2)46-20-8-6-17-40(46)41-30-27-38(34-51(41)60)37-29-32-47-45(33-37)56-44(19-14-23-50(56)61(47)48-21-9-12-25-53(48)66-54-26-13-10-22-49(54)61)59-63-57(36-15-4-3-5-16-36)62-58(64-59)39-28-31-43-42-18-7-11-24-52(42)65-55(43)35-39/h3-35H,1-2H3. The van der Waals surface area contributed by atoms with Gasteiger partial charge in [-0.25, -0.2) is 15.0 Å². The van der Waals surface area contributed by atoms with Gasteiger partial charge in [-0.1, -0.05) is 172 Å². The van der Waals surface area contributed by atoms with Crippen molar-refractivity contribution in [1.29, 1.82) is 0 Å². The third kappa shape index (κ3) is 5.08. The molecule has 66 heavy (non-hydrogen) atoms. The molecule has 3 heterocycles. The van der Waals surface area contributed by atoms with Crippen molar-refractivity contribution >= 4 is 21.9 Å². The van der Waals surface area contributed by atoms with E-state index in [1.807, 2.05) is 36.4 Å². The van der Waals surface area contributed by atoms with E-state index in [-0.39, 0.29) is 5.41 Å². The molecule has 2 aromatic heterocycles. The summed E-state index contributed by atoms with van der Waals surface area (Å²) in [5, 5.41) is 2.14. The fourth-order valence-electron chi connectivity index (χ4n) is 11.4. The number of hydrogen-bond donors (Lipinski definition) is 0. The van der Waals surface area contributed by atoms with Gasteiger partial charge in [-0.3, -0.25) is 0 Å². The molecule has 0 bridgehead atoms. The van der Waals surface area contributed by atoms with E-state index in [1.54, 1.807) is 0 Å². The second-order valence-electron chi connectivity index (χ2n) is 18.2. The van der Waals surface area contributed by atoms with Crippen LogP contribution in [0.15, 0.2) is 205 Å². The first kappa shape index (κ1) is 37.0. The number of hydrogen-bond acceptors (Lipinski definition) is 5. The van der Waals surface area contributed by atoms with Crippen molar-refractivity contribution in [1.82, 2.24) is 15.0 Å². The molecular weight excluding hydrogens is 807 g/mol. The van der Waals surface area contributed by atoms with Crippen LogP contribution in [0.2, 0.25) is 0 Å². The summed E-state index contributed by atoms with van der Waals surface area (Å²) in [6, 6.07) is 71.2. The van der Waals surface area contributed by atoms with Crippen LogP contribution in [0.5, 0.6) is 11.5 Å². The molecule has 0 radical (unpaired) electrons. The van der Waals surface area contributed by atoms with Crippen LogP contribution in [0.1, 0.15) is 47.2 Å². The summed E-state index contributed by atoms with van der Waals surface area (Å²) in [7, 11) is 0. The molecule has 0 saturated heterocycles. The Hall–Kier alpha value is -8.41. The third-order valence-electron chi connectivity index (χ3n) is 14.4. The number of nitrogens with zero attached hydrogens (tertiary/aromatic N) is 3. The van der Waals surface area contributed by atoms with Crippen molar-refractivity contribution in [2.75, 3.05) is 0 Å². The zero-order chi connectivity index (χ0) is 43.7. The highest BCUT2D eigenvalue weighted by atomic mass is 16.5. The summed E-state index contributed by atoms with van der Waals surface area (Å²) in [6.45, 7) is 4.69. The fraction of sp³-hybridized carbons (Fsp3) is 0.0656. The lowest BCUT2D eigenvalue weighted by atomic mass is 9.66. The van der Waals surface area contributed by atoms with Gasteiger partial charge in [-0.05, 0) is 98.1 Å². The highest BCUT2D eigenvalue weighted by molar-refractivity contribution is 6.06. The first-order valence-corrected chi connectivity index (χ1v) is 22.6. The average Bonchev–Trinajstić information content (AvgIpc) is 3.97. The Morgan fingerprint density at radius 1 is 0.348 bits per heavy atom. The lowest BCUT2D eigenvalue weighted by Crippen LogP contribution is -2.32. The van der Waals surface area contributed by atoms with Crippen LogP contribution in [-0.4, -0.2) is 15.0 Å². The minimum absolute atomic E-state index is 0.125. The van der Waals surface area contributed by atoms with Gasteiger partial charge in [0, 0.05) is 44.0 Å². The number of fused-ring (bicyclic) bond motifs is 15. The van der Waals surface area contributed by atoms with E-state index < -0.39 is 5.41 Å². The van der Waals surface area contributed by atoms with Gasteiger partial charge in [0.15, 0.2) is 17.5 Å². The molecular formula is C61H39N3O2. The van der Waals surface area contributed by atoms with Crippen molar-refractivity contribution in [3.63, 3.8) is 0 Å². The molecule has 310 valence electrons. The van der Waals surface area contributed by atoms with Crippen molar-refractivity contribution in [3.8, 4) is 79.0 Å². The maximum Gasteiger partial charge on any atom is 0.164 e. The number of furan rings is 1. The van der Waals surface area contributed by atoms with E-state index in [0.717, 1.165) is 83.5 Å². The Balaban J connectivity index is 1.03. The van der Waals surface area contributed by atoms with E-state index in [1.165, 1.54) is 33.4 Å². The van der Waals surface area contributed by atoms with Crippen molar-refractivity contribution < 1.29 is 9.15 Å². The Labute approximate surface area is 381 Å². The molecule has 0 fully saturated rings. The van der Waals surface area contributed by atoms with Gasteiger partial charge in [-0.15, -0.1) is 0 Å². The Kier molecular flexibility index (Phi) is 7.60. The summed E-state index contributed by atoms with van der Waals surface area (Å²) in [6.07, 6.45) is 0. The Bertz CT molecular complexity index is 3800. The van der Waals surface area contributed by atoms with Crippen LogP contribution in [0.25, 0.3) is 89.5 Å². The molecule has 0 unspecified atom stereocenters. The Morgan fingerprint density at radius 2 is 0.939 bits per heavy atom. The molecule has 3 aliphatic rings. The van der Waals surface area contributed by atoms with Gasteiger partial charge in [-0.2, -0.15) is 0 Å². The largest absolute Gasteiger partial charge is 0.457 e. The average molecular weight is 846 g/mol. The van der Waals surface area contributed by atoms with Crippen LogP contribution in [-0.2, 0) is 10.8 Å². The van der Waals surface area contributed by atoms with Gasteiger partial charge >= 0.3 is 0 Å². The van der Waals surface area contributed by atoms with E-state index in [2.05, 4.69) is 178 Å². The topological polar surface area (TPSA) is 61.0 Å². The molecule has 0 saturated carbocycles. The van der Waals surface area contributed by atoms with E-state index in [4.69, 9.17) is 24.1 Å². The lowest BCUT2D eigenvalue weighted by molar-refractivity contribution is 0.436. The van der Waals surface area contributed by atoms with Gasteiger partial charge in [0.2, 0.25) is 0 Å². The molecule has 9 aromatic carbocycles. The summed E-state index contributed by atoms with van der Waals surface area (Å²) in [5.74, 6) is 3.46. The number of rotatable bonds is 4. The number of benzene rings is 9. The van der Waals surface area contributed by atoms with Crippen molar-refractivity contribution in [2.24, 2.45) is 0 Å². The predicted octanol–water partition coefficient (Wildman–Crippen LogP) is 15.2. The maximum atomic E-state index is 6.73. The van der Waals surface area contributed by atoms with E-state index >= 15 is 0 Å². The minimum atomic E-state index is -0.684. The van der Waals surface area contributed by atoms with Crippen LogP contribution >= 0.6 is 0 Å². The lowest BCUT2D eigenvalue weighted by Gasteiger charge is -2.39. The smallest absolute Gasteiger partial charge is 0.164 e. The van der Waals surface area contributed by atoms with Gasteiger partial charge in [0.1, 0.15) is 22.7 Å². The monoisotopic (exact) mass is 845 g/mol. The number of para-hydroxylation sites is 3. The molecule has 1 spiro atoms. The summed E-state index contributed by atoms with van der Waals surface area (Å²) >= 11 is 0. The van der Waals surface area contributed by atoms with E-state index in [9.17, 15) is 0 Å². The first-order valence-electron chi connectivity index (χ1n) is 22.6. The third-order valence-corrected chi connectivity index (χ3v) is 14.4. The Morgan fingerprint density at radius 3 is 1.76 bits per heavy atom. The van der Waals surface area contributed by atoms with Crippen molar-refractivity contribution in [2.45, 2.75) is 24.7 Å². The van der Waals surface area contributed by atoms with Crippen LogP contribution in [0.4, 0.5) is 0 Å². The molecule has 5 nitrogen and oxygen atoms in total. The summed E-state index contributed by atoms with van der Waals surface area (Å²) in [4.78, 5) is 15.9. The van der Waals surface area contributed by atoms with Gasteiger partial charge in [0.25, 0.3) is 0 Å². The highest BCUT2D eigenvalue weighted by Gasteiger charge is 2.52. The molecule has 2 aliphatic carbocycles. The predicted molar refractivity (Wildman–Crippen MR) is 264 cm³/mol. The zero-order valence-electron chi connectivity index (χ0n) is 36.2. The van der Waals surface area contributed by atoms with E-state index in [0.29, 0.717) is 17.5 Å². The quantitative estimate of drug-likeness (QED) is 0.177. The fourth-order valence-corrected chi connectivity index (χ4v) is 11.4. The second-order valence-corrected chi connectivity index (χ2v) is 18.2. The first-order chi connectivity index (χ1) is 32.4. The number of aromatic nitrogens is 3. The minimum Gasteiger partial charge on any atom is -0.457 e. The molecule has 0 N–H and O–H groups in total. The SMILES string of the molecule is CC1(C)c2ccccc2-c2ccc(-c3ccc4c(c3)-c3c(-c5nc(-c6ccccc6)nc(-c6ccc7c(c6)oc6ccccc67)n5)cccc3C43c4ccccc4Oc4ccccc43)cc21. The normalized spacial score (nSPS) is 14.3. The number of ether oxygens (including phenoxy) is 1. The molecule has 5 heteroatoms. The highest BCUT2D eigenvalue weighted by Crippen LogP contribution is 2.64. The van der Waals surface area contributed by atoms with Crippen molar-refractivity contribution in [3.05, 3.63) is 234 Å². The van der Waals surface area contributed by atoms with Crippen LogP contribution in [0, 0.1) is 0 Å². The van der Waals surface area contributed by atoms with Gasteiger partial charge < -0.3 is 9.15 Å².